The molecule has 0 radical (unpaired) electrons. The van der Waals surface area contributed by atoms with E-state index in [4.69, 9.17) is 17.8 Å². The van der Waals surface area contributed by atoms with Crippen molar-refractivity contribution in [2.24, 2.45) is 0 Å². The van der Waals surface area contributed by atoms with Gasteiger partial charge in [0.15, 0.2) is 0 Å². The molecule has 52 valence electrons. The van der Waals surface area contributed by atoms with Crippen molar-refractivity contribution in [2.45, 2.75) is 6.18 Å². The van der Waals surface area contributed by atoms with Crippen LogP contribution in [0.25, 0.3) is 0 Å². The molecule has 0 aliphatic heterocycles. The first-order valence-corrected chi connectivity index (χ1v) is 8.46. The van der Waals surface area contributed by atoms with Crippen LogP contribution < -0.4 is 0 Å². The third-order valence-corrected chi connectivity index (χ3v) is 3.05. The molecule has 0 fully saturated rings. The van der Waals surface area contributed by atoms with Crippen LogP contribution in [0, 0.1) is 0 Å². The van der Waals surface area contributed by atoms with Gasteiger partial charge in [-0.3, -0.25) is 0 Å². The number of alkyl halides is 4. The fraction of sp³-hybridized carbons (Fsp3) is 1.00. The Balaban J connectivity index is 3.39. The second-order valence-corrected chi connectivity index (χ2v) is 8.84. The summed E-state index contributed by atoms with van der Waals surface area (Å²) in [5.41, 5.74) is 0. The summed E-state index contributed by atoms with van der Waals surface area (Å²) in [5.74, 6) is 0. The zero-order valence-corrected chi connectivity index (χ0v) is 7.14. The molecule has 0 amide bonds. The van der Waals surface area contributed by atoms with Gasteiger partial charge in [-0.2, -0.15) is 0 Å². The van der Waals surface area contributed by atoms with Gasteiger partial charge in [-0.15, -0.1) is 0 Å². The summed E-state index contributed by atoms with van der Waals surface area (Å²) in [7, 11) is 9.93. The molecular formula is C2H2Cl2F3I. The van der Waals surface area contributed by atoms with E-state index in [-0.39, 0.29) is 0 Å². The molecule has 0 saturated carbocycles. The summed E-state index contributed by atoms with van der Waals surface area (Å²) in [6.45, 7) is 0. The van der Waals surface area contributed by atoms with Gasteiger partial charge < -0.3 is 0 Å². The Labute approximate surface area is 59.1 Å². The van der Waals surface area contributed by atoms with Gasteiger partial charge in [0.25, 0.3) is 0 Å². The molecule has 0 N–H and O–H groups in total. The average molecular weight is 281 g/mol. The predicted molar refractivity (Wildman–Crippen MR) is 36.6 cm³/mol. The summed E-state index contributed by atoms with van der Waals surface area (Å²) in [6, 6.07) is 0. The van der Waals surface area contributed by atoms with E-state index in [0.29, 0.717) is 0 Å². The summed E-state index contributed by atoms with van der Waals surface area (Å²) in [5, 5.41) is 0. The Bertz CT molecular complexity index is 70.2. The second kappa shape index (κ2) is 3.31. The zero-order valence-electron chi connectivity index (χ0n) is 3.47. The van der Waals surface area contributed by atoms with Gasteiger partial charge in [-0.1, -0.05) is 0 Å². The molecule has 0 spiro atoms. The van der Waals surface area contributed by atoms with Crippen molar-refractivity contribution in [1.29, 1.82) is 0 Å². The first-order chi connectivity index (χ1) is 3.42. The molecule has 0 aliphatic carbocycles. The Morgan fingerprint density at radius 2 is 1.62 bits per heavy atom. The van der Waals surface area contributed by atoms with Gasteiger partial charge in [0.1, 0.15) is 0 Å². The van der Waals surface area contributed by atoms with Crippen LogP contribution in [0.15, 0.2) is 0 Å². The van der Waals surface area contributed by atoms with Crippen molar-refractivity contribution >= 4 is 35.4 Å². The topological polar surface area (TPSA) is 0 Å². The van der Waals surface area contributed by atoms with Crippen LogP contribution in [0.2, 0.25) is 0 Å². The van der Waals surface area contributed by atoms with Crippen LogP contribution in [0.3, 0.4) is 0 Å². The van der Waals surface area contributed by atoms with Crippen molar-refractivity contribution in [3.63, 3.8) is 0 Å². The van der Waals surface area contributed by atoms with Crippen LogP contribution in [0.1, 0.15) is 0 Å². The van der Waals surface area contributed by atoms with Crippen LogP contribution in [0.5, 0.6) is 0 Å². The molecule has 0 aromatic carbocycles. The summed E-state index contributed by atoms with van der Waals surface area (Å²) < 4.78 is 32.5. The summed E-state index contributed by atoms with van der Waals surface area (Å²) >= 11 is -2.62. The molecule has 0 heterocycles. The Kier molecular flexibility index (Phi) is 3.77. The van der Waals surface area contributed by atoms with Crippen molar-refractivity contribution in [2.75, 3.05) is 4.43 Å². The second-order valence-electron chi connectivity index (χ2n) is 1.00. The molecule has 0 nitrogen and oxygen atoms in total. The Morgan fingerprint density at radius 1 is 1.25 bits per heavy atom. The van der Waals surface area contributed by atoms with Gasteiger partial charge in [-0.05, 0) is 0 Å². The normalized spacial score (nSPS) is 13.9. The van der Waals surface area contributed by atoms with Crippen molar-refractivity contribution in [3.8, 4) is 0 Å². The first kappa shape index (κ1) is 9.10. The molecule has 6 heteroatoms. The van der Waals surface area contributed by atoms with Crippen LogP contribution in [-0.4, -0.2) is 10.6 Å². The van der Waals surface area contributed by atoms with Gasteiger partial charge in [0.05, 0.1) is 0 Å². The number of rotatable bonds is 1. The van der Waals surface area contributed by atoms with Gasteiger partial charge in [0.2, 0.25) is 0 Å². The number of hydrogen-bond donors (Lipinski definition) is 0. The van der Waals surface area contributed by atoms with E-state index in [9.17, 15) is 13.2 Å². The maximum atomic E-state index is 11.2. The maximum absolute atomic E-state index is 11.2. The quantitative estimate of drug-likeness (QED) is 0.510. The molecule has 0 saturated heterocycles. The van der Waals surface area contributed by atoms with Crippen LogP contribution >= 0.6 is 35.4 Å². The average Bonchev–Trinajstić information content (AvgIpc) is 1.21. The van der Waals surface area contributed by atoms with Crippen LogP contribution in [-0.2, 0) is 0 Å². The molecule has 0 aromatic rings. The summed E-state index contributed by atoms with van der Waals surface area (Å²) in [4.78, 5) is 0. The third-order valence-electron chi connectivity index (χ3n) is 0.253. The molecule has 0 aliphatic rings. The van der Waals surface area contributed by atoms with E-state index < -0.39 is 28.2 Å². The van der Waals surface area contributed by atoms with E-state index in [2.05, 4.69) is 0 Å². The van der Waals surface area contributed by atoms with E-state index in [1.807, 2.05) is 0 Å². The molecular weight excluding hydrogens is 279 g/mol. The van der Waals surface area contributed by atoms with E-state index in [1.165, 1.54) is 0 Å². The minimum absolute atomic E-state index is 0.986. The molecule has 0 aromatic heterocycles. The van der Waals surface area contributed by atoms with Gasteiger partial charge in [0, 0.05) is 0 Å². The molecule has 8 heavy (non-hydrogen) atoms. The number of hydrogen-bond acceptors (Lipinski definition) is 0. The van der Waals surface area contributed by atoms with E-state index in [1.54, 1.807) is 0 Å². The van der Waals surface area contributed by atoms with E-state index in [0.717, 1.165) is 0 Å². The number of halogens is 6. The predicted octanol–water partition coefficient (Wildman–Crippen LogP) is 3.36. The first-order valence-electron chi connectivity index (χ1n) is 1.47. The summed E-state index contributed by atoms with van der Waals surface area (Å²) in [6.07, 6.45) is -4.17. The van der Waals surface area contributed by atoms with Crippen LogP contribution in [0.4, 0.5) is 13.2 Å². The fourth-order valence-corrected chi connectivity index (χ4v) is 2.31. The van der Waals surface area contributed by atoms with Crippen molar-refractivity contribution in [3.05, 3.63) is 0 Å². The molecule has 0 rings (SSSR count). The monoisotopic (exact) mass is 280 g/mol. The standard InChI is InChI=1S/C2H2Cl2F3I/c3-8(4)1-2(5,6)7/h1H2. The van der Waals surface area contributed by atoms with Gasteiger partial charge >= 0.3 is 59.2 Å². The fourth-order valence-electron chi connectivity index (χ4n) is 0.115. The molecule has 0 bridgehead atoms. The molecule has 0 unspecified atom stereocenters. The zero-order chi connectivity index (χ0) is 6.78. The van der Waals surface area contributed by atoms with Crippen molar-refractivity contribution < 1.29 is 13.2 Å². The minimum atomic E-state index is -4.17. The van der Waals surface area contributed by atoms with E-state index >= 15 is 0 Å². The Hall–Kier alpha value is 1.10. The third kappa shape index (κ3) is 7.10. The SMILES string of the molecule is FC(F)(F)CI(Cl)Cl. The molecule has 0 atom stereocenters. The van der Waals surface area contributed by atoms with Gasteiger partial charge in [-0.25, -0.2) is 0 Å². The van der Waals surface area contributed by atoms with Crippen molar-refractivity contribution in [1.82, 2.24) is 0 Å². The Morgan fingerprint density at radius 3 is 1.62 bits per heavy atom.